The van der Waals surface area contributed by atoms with Gasteiger partial charge in [-0.3, -0.25) is 15.2 Å². The van der Waals surface area contributed by atoms with E-state index in [1.807, 2.05) is 0 Å². The van der Waals surface area contributed by atoms with E-state index in [-0.39, 0.29) is 16.9 Å². The highest BCUT2D eigenvalue weighted by atomic mass is 19.4. The lowest BCUT2D eigenvalue weighted by molar-refractivity contribution is -0.384. The van der Waals surface area contributed by atoms with Gasteiger partial charge in [-0.25, -0.2) is 0 Å². The van der Waals surface area contributed by atoms with Crippen molar-refractivity contribution in [1.82, 2.24) is 10.2 Å². The standard InChI is InChI=1S/C10H6F3N3O3/c11-10(12,13)9-4-7(14-15-9)6-3-5(16(18)19)1-2-8(6)17/h1-4,17H,(H,14,15). The van der Waals surface area contributed by atoms with Crippen molar-refractivity contribution < 1.29 is 23.2 Å². The number of non-ortho nitro benzene ring substituents is 1. The molecular weight excluding hydrogens is 267 g/mol. The maximum atomic E-state index is 12.4. The lowest BCUT2D eigenvalue weighted by atomic mass is 10.1. The smallest absolute Gasteiger partial charge is 0.432 e. The van der Waals surface area contributed by atoms with Crippen molar-refractivity contribution in [1.29, 1.82) is 0 Å². The Labute approximate surface area is 103 Å². The Hall–Kier alpha value is -2.58. The molecule has 9 heteroatoms. The fourth-order valence-corrected chi connectivity index (χ4v) is 1.45. The predicted molar refractivity (Wildman–Crippen MR) is 57.3 cm³/mol. The van der Waals surface area contributed by atoms with Crippen molar-refractivity contribution in [2.75, 3.05) is 0 Å². The normalized spacial score (nSPS) is 11.5. The Kier molecular flexibility index (Phi) is 2.89. The van der Waals surface area contributed by atoms with Gasteiger partial charge >= 0.3 is 6.18 Å². The van der Waals surface area contributed by atoms with Gasteiger partial charge in [0.15, 0.2) is 0 Å². The number of nitrogens with one attached hydrogen (secondary N) is 1. The van der Waals surface area contributed by atoms with Gasteiger partial charge in [0.25, 0.3) is 5.69 Å². The van der Waals surface area contributed by atoms with Crippen LogP contribution in [-0.4, -0.2) is 20.2 Å². The molecule has 1 aromatic carbocycles. The van der Waals surface area contributed by atoms with Crippen LogP contribution in [0.4, 0.5) is 18.9 Å². The number of alkyl halides is 3. The molecule has 0 saturated carbocycles. The first-order valence-electron chi connectivity index (χ1n) is 4.89. The van der Waals surface area contributed by atoms with Gasteiger partial charge in [0.2, 0.25) is 0 Å². The lowest BCUT2D eigenvalue weighted by Gasteiger charge is -2.01. The molecule has 19 heavy (non-hydrogen) atoms. The van der Waals surface area contributed by atoms with E-state index in [2.05, 4.69) is 5.10 Å². The number of hydrogen-bond donors (Lipinski definition) is 2. The summed E-state index contributed by atoms with van der Waals surface area (Å²) in [4.78, 5) is 9.85. The molecule has 0 amide bonds. The molecule has 2 aromatic rings. The number of phenols is 1. The lowest BCUT2D eigenvalue weighted by Crippen LogP contribution is -2.04. The van der Waals surface area contributed by atoms with Crippen LogP contribution in [0.2, 0.25) is 0 Å². The fraction of sp³-hybridized carbons (Fsp3) is 0.100. The Morgan fingerprint density at radius 2 is 2.00 bits per heavy atom. The summed E-state index contributed by atoms with van der Waals surface area (Å²) in [5, 5.41) is 25.3. The van der Waals surface area contributed by atoms with Crippen molar-refractivity contribution >= 4 is 5.69 Å². The van der Waals surface area contributed by atoms with E-state index in [0.717, 1.165) is 18.2 Å². The molecule has 0 radical (unpaired) electrons. The summed E-state index contributed by atoms with van der Waals surface area (Å²) in [5.74, 6) is -0.397. The number of nitro groups is 1. The summed E-state index contributed by atoms with van der Waals surface area (Å²) in [5.41, 5.74) is -1.84. The third-order valence-corrected chi connectivity index (χ3v) is 2.35. The maximum Gasteiger partial charge on any atom is 0.432 e. The number of hydrogen-bond acceptors (Lipinski definition) is 4. The van der Waals surface area contributed by atoms with Crippen LogP contribution in [0.15, 0.2) is 24.3 Å². The van der Waals surface area contributed by atoms with Crippen LogP contribution in [0, 0.1) is 10.1 Å². The minimum absolute atomic E-state index is 0.152. The van der Waals surface area contributed by atoms with Crippen molar-refractivity contribution in [2.45, 2.75) is 6.18 Å². The number of H-pyrrole nitrogens is 1. The van der Waals surface area contributed by atoms with E-state index in [9.17, 15) is 28.4 Å². The Bertz CT molecular complexity index is 636. The van der Waals surface area contributed by atoms with Gasteiger partial charge in [-0.2, -0.15) is 18.3 Å². The van der Waals surface area contributed by atoms with Gasteiger partial charge in [0, 0.05) is 12.1 Å². The molecule has 0 aliphatic rings. The van der Waals surface area contributed by atoms with Crippen LogP contribution in [-0.2, 0) is 6.18 Å². The quantitative estimate of drug-likeness (QED) is 0.650. The molecule has 0 bridgehead atoms. The minimum atomic E-state index is -4.61. The van der Waals surface area contributed by atoms with Crippen molar-refractivity contribution in [3.8, 4) is 17.0 Å². The molecule has 0 saturated heterocycles. The van der Waals surface area contributed by atoms with Crippen molar-refractivity contribution in [3.63, 3.8) is 0 Å². The number of aromatic amines is 1. The summed E-state index contributed by atoms with van der Waals surface area (Å²) < 4.78 is 37.1. The van der Waals surface area contributed by atoms with Gasteiger partial charge in [-0.15, -0.1) is 0 Å². The average Bonchev–Trinajstić information content (AvgIpc) is 2.78. The van der Waals surface area contributed by atoms with Gasteiger partial charge in [-0.05, 0) is 12.1 Å². The highest BCUT2D eigenvalue weighted by Crippen LogP contribution is 2.35. The van der Waals surface area contributed by atoms with Crippen LogP contribution in [0.3, 0.4) is 0 Å². The molecular formula is C10H6F3N3O3. The number of aromatic nitrogens is 2. The molecule has 2 rings (SSSR count). The van der Waals surface area contributed by atoms with E-state index in [0.29, 0.717) is 6.07 Å². The summed E-state index contributed by atoms with van der Waals surface area (Å²) in [6, 6.07) is 3.68. The molecule has 0 atom stereocenters. The average molecular weight is 273 g/mol. The van der Waals surface area contributed by atoms with E-state index in [4.69, 9.17) is 0 Å². The SMILES string of the molecule is O=[N+]([O-])c1ccc(O)c(-c2cc(C(F)(F)F)[nH]n2)c1. The van der Waals surface area contributed by atoms with Crippen molar-refractivity contribution in [3.05, 3.63) is 40.1 Å². The zero-order valence-electron chi connectivity index (χ0n) is 9.10. The molecule has 0 fully saturated rings. The van der Waals surface area contributed by atoms with Crippen LogP contribution < -0.4 is 0 Å². The van der Waals surface area contributed by atoms with E-state index < -0.39 is 22.5 Å². The van der Waals surface area contributed by atoms with Crippen LogP contribution in [0.1, 0.15) is 5.69 Å². The Balaban J connectivity index is 2.49. The summed E-state index contributed by atoms with van der Waals surface area (Å²) in [6.45, 7) is 0. The Morgan fingerprint density at radius 1 is 1.32 bits per heavy atom. The second-order valence-electron chi connectivity index (χ2n) is 3.62. The highest BCUT2D eigenvalue weighted by Gasteiger charge is 2.33. The number of nitrogens with zero attached hydrogens (tertiary/aromatic N) is 2. The van der Waals surface area contributed by atoms with Gasteiger partial charge in [0.1, 0.15) is 11.4 Å². The molecule has 6 nitrogen and oxygen atoms in total. The maximum absolute atomic E-state index is 12.4. The van der Waals surface area contributed by atoms with Gasteiger partial charge in [0.05, 0.1) is 16.2 Å². The molecule has 0 spiro atoms. The van der Waals surface area contributed by atoms with E-state index >= 15 is 0 Å². The summed E-state index contributed by atoms with van der Waals surface area (Å²) >= 11 is 0. The zero-order valence-corrected chi connectivity index (χ0v) is 9.10. The number of phenolic OH excluding ortho intramolecular Hbond substituents is 1. The first kappa shape index (κ1) is 12.9. The molecule has 0 unspecified atom stereocenters. The van der Waals surface area contributed by atoms with Gasteiger partial charge < -0.3 is 5.11 Å². The topological polar surface area (TPSA) is 92.0 Å². The number of nitro benzene ring substituents is 1. The van der Waals surface area contributed by atoms with Crippen LogP contribution >= 0.6 is 0 Å². The minimum Gasteiger partial charge on any atom is -0.507 e. The van der Waals surface area contributed by atoms with Crippen LogP contribution in [0.25, 0.3) is 11.3 Å². The number of aromatic hydroxyl groups is 1. The monoisotopic (exact) mass is 273 g/mol. The molecule has 0 aliphatic carbocycles. The first-order chi connectivity index (χ1) is 8.79. The third kappa shape index (κ3) is 2.49. The Morgan fingerprint density at radius 3 is 2.53 bits per heavy atom. The second kappa shape index (κ2) is 4.26. The second-order valence-corrected chi connectivity index (χ2v) is 3.62. The van der Waals surface area contributed by atoms with E-state index in [1.54, 1.807) is 5.10 Å². The highest BCUT2D eigenvalue weighted by molar-refractivity contribution is 5.69. The molecule has 100 valence electrons. The third-order valence-electron chi connectivity index (χ3n) is 2.35. The molecule has 0 aliphatic heterocycles. The fourth-order valence-electron chi connectivity index (χ4n) is 1.45. The molecule has 2 N–H and O–H groups in total. The van der Waals surface area contributed by atoms with Crippen molar-refractivity contribution in [2.24, 2.45) is 0 Å². The molecule has 1 heterocycles. The predicted octanol–water partition coefficient (Wildman–Crippen LogP) is 2.71. The van der Waals surface area contributed by atoms with Crippen LogP contribution in [0.5, 0.6) is 5.75 Å². The number of rotatable bonds is 2. The number of benzene rings is 1. The summed E-state index contributed by atoms with van der Waals surface area (Å²) in [6.07, 6.45) is -4.61. The summed E-state index contributed by atoms with van der Waals surface area (Å²) in [7, 11) is 0. The largest absolute Gasteiger partial charge is 0.507 e. The zero-order chi connectivity index (χ0) is 14.2. The molecule has 1 aromatic heterocycles. The van der Waals surface area contributed by atoms with E-state index in [1.165, 1.54) is 0 Å². The first-order valence-corrected chi connectivity index (χ1v) is 4.89. The van der Waals surface area contributed by atoms with Gasteiger partial charge in [-0.1, -0.05) is 0 Å². The number of halogens is 3.